The summed E-state index contributed by atoms with van der Waals surface area (Å²) in [7, 11) is 0. The molecule has 7 heteroatoms. The van der Waals surface area contributed by atoms with Crippen LogP contribution >= 0.6 is 11.3 Å². The summed E-state index contributed by atoms with van der Waals surface area (Å²) in [6, 6.07) is 8.51. The number of aryl methyl sites for hydroxylation is 2. The number of aromatic nitrogens is 3. The Morgan fingerprint density at radius 2 is 1.96 bits per heavy atom. The van der Waals surface area contributed by atoms with Crippen LogP contribution in [0, 0.1) is 6.92 Å². The van der Waals surface area contributed by atoms with Crippen molar-refractivity contribution in [3.05, 3.63) is 46.1 Å². The summed E-state index contributed by atoms with van der Waals surface area (Å²) in [6.07, 6.45) is 0.758. The van der Waals surface area contributed by atoms with Crippen molar-refractivity contribution in [2.45, 2.75) is 26.3 Å². The molecule has 1 fully saturated rings. The van der Waals surface area contributed by atoms with Crippen molar-refractivity contribution < 1.29 is 9.84 Å². The Bertz CT molecular complexity index is 865. The van der Waals surface area contributed by atoms with Crippen molar-refractivity contribution in [3.63, 3.8) is 0 Å². The smallest absolute Gasteiger partial charge is 0.230 e. The van der Waals surface area contributed by atoms with Crippen molar-refractivity contribution in [1.82, 2.24) is 19.5 Å². The molecule has 3 heterocycles. The fraction of sp³-hybridized carbons (Fsp3) is 0.444. The molecule has 6 nitrogen and oxygen atoms in total. The molecule has 25 heavy (non-hydrogen) atoms. The molecule has 1 saturated heterocycles. The van der Waals surface area contributed by atoms with Crippen LogP contribution in [0.1, 0.15) is 34.8 Å². The van der Waals surface area contributed by atoms with Gasteiger partial charge in [0.05, 0.1) is 24.1 Å². The van der Waals surface area contributed by atoms with Crippen LogP contribution in [0.2, 0.25) is 0 Å². The van der Waals surface area contributed by atoms with Crippen LogP contribution in [-0.4, -0.2) is 50.9 Å². The van der Waals surface area contributed by atoms with Crippen LogP contribution in [0.4, 0.5) is 0 Å². The molecule has 0 radical (unpaired) electrons. The maximum atomic E-state index is 10.8. The van der Waals surface area contributed by atoms with Gasteiger partial charge in [0, 0.05) is 19.5 Å². The first-order valence-electron chi connectivity index (χ1n) is 8.63. The summed E-state index contributed by atoms with van der Waals surface area (Å²) in [5.74, 6) is 0.954. The molecule has 1 atom stereocenters. The Balaban J connectivity index is 1.80. The van der Waals surface area contributed by atoms with Crippen LogP contribution in [0.15, 0.2) is 24.3 Å². The lowest BCUT2D eigenvalue weighted by Crippen LogP contribution is -2.39. The summed E-state index contributed by atoms with van der Waals surface area (Å²) in [5, 5.41) is 15.2. The van der Waals surface area contributed by atoms with Gasteiger partial charge in [0.2, 0.25) is 10.8 Å². The summed E-state index contributed by atoms with van der Waals surface area (Å²) in [6.45, 7) is 7.20. The Morgan fingerprint density at radius 1 is 1.24 bits per heavy atom. The third-order valence-corrected chi connectivity index (χ3v) is 5.68. The highest BCUT2D eigenvalue weighted by Crippen LogP contribution is 2.40. The SMILES string of the molecule is CCc1nc2sc(C(c3ccc(C)cc3)N3CCOCC3)c(O)n2n1. The van der Waals surface area contributed by atoms with Crippen LogP contribution in [0.3, 0.4) is 0 Å². The highest BCUT2D eigenvalue weighted by atomic mass is 32.1. The topological polar surface area (TPSA) is 62.9 Å². The van der Waals surface area contributed by atoms with E-state index in [1.807, 2.05) is 6.92 Å². The molecule has 0 amide bonds. The van der Waals surface area contributed by atoms with E-state index in [-0.39, 0.29) is 11.9 Å². The van der Waals surface area contributed by atoms with E-state index in [9.17, 15) is 5.11 Å². The number of rotatable bonds is 4. The second-order valence-electron chi connectivity index (χ2n) is 6.33. The zero-order valence-electron chi connectivity index (χ0n) is 14.5. The van der Waals surface area contributed by atoms with E-state index >= 15 is 0 Å². The Labute approximate surface area is 150 Å². The molecule has 0 bridgehead atoms. The molecule has 0 saturated carbocycles. The number of nitrogens with zero attached hydrogens (tertiary/aromatic N) is 4. The summed E-state index contributed by atoms with van der Waals surface area (Å²) >= 11 is 1.52. The zero-order valence-corrected chi connectivity index (χ0v) is 15.3. The van der Waals surface area contributed by atoms with E-state index in [2.05, 4.69) is 46.2 Å². The number of morpholine rings is 1. The quantitative estimate of drug-likeness (QED) is 0.777. The van der Waals surface area contributed by atoms with Crippen molar-refractivity contribution in [2.24, 2.45) is 0 Å². The Hall–Kier alpha value is -1.96. The van der Waals surface area contributed by atoms with Gasteiger partial charge in [-0.05, 0) is 12.5 Å². The van der Waals surface area contributed by atoms with E-state index < -0.39 is 0 Å². The van der Waals surface area contributed by atoms with Crippen LogP contribution in [0.25, 0.3) is 4.96 Å². The molecule has 4 rings (SSSR count). The molecule has 3 aromatic rings. The minimum absolute atomic E-state index is 0.0110. The number of hydrogen-bond donors (Lipinski definition) is 1. The average molecular weight is 358 g/mol. The molecule has 1 N–H and O–H groups in total. The third kappa shape index (κ3) is 3.03. The maximum Gasteiger partial charge on any atom is 0.230 e. The summed E-state index contributed by atoms with van der Waals surface area (Å²) < 4.78 is 7.08. The first kappa shape index (κ1) is 16.5. The van der Waals surface area contributed by atoms with Crippen molar-refractivity contribution in [2.75, 3.05) is 26.3 Å². The number of ether oxygens (including phenoxy) is 1. The molecule has 132 valence electrons. The predicted molar refractivity (Wildman–Crippen MR) is 97.3 cm³/mol. The van der Waals surface area contributed by atoms with Crippen LogP contribution in [0.5, 0.6) is 5.88 Å². The Morgan fingerprint density at radius 3 is 2.60 bits per heavy atom. The first-order valence-corrected chi connectivity index (χ1v) is 9.44. The molecule has 0 aliphatic carbocycles. The van der Waals surface area contributed by atoms with Gasteiger partial charge in [-0.15, -0.1) is 5.10 Å². The Kier molecular flexibility index (Phi) is 4.45. The molecule has 1 unspecified atom stereocenters. The van der Waals surface area contributed by atoms with Gasteiger partial charge in [0.1, 0.15) is 0 Å². The standard InChI is InChI=1S/C18H22N4O2S/c1-3-14-19-18-22(20-14)17(23)16(25-18)15(21-8-10-24-11-9-21)13-6-4-12(2)5-7-13/h4-7,15,23H,3,8-11H2,1-2H3. The maximum absolute atomic E-state index is 10.8. The van der Waals surface area contributed by atoms with Gasteiger partial charge in [-0.3, -0.25) is 4.90 Å². The van der Waals surface area contributed by atoms with E-state index in [1.165, 1.54) is 22.5 Å². The average Bonchev–Trinajstić information content (AvgIpc) is 3.18. The molecular weight excluding hydrogens is 336 g/mol. The molecule has 1 aromatic carbocycles. The summed E-state index contributed by atoms with van der Waals surface area (Å²) in [5.41, 5.74) is 2.40. The van der Waals surface area contributed by atoms with Gasteiger partial charge in [0.15, 0.2) is 5.82 Å². The lowest BCUT2D eigenvalue weighted by atomic mass is 10.0. The van der Waals surface area contributed by atoms with E-state index in [0.29, 0.717) is 13.2 Å². The largest absolute Gasteiger partial charge is 0.492 e. The van der Waals surface area contributed by atoms with Gasteiger partial charge in [-0.2, -0.15) is 4.52 Å². The van der Waals surface area contributed by atoms with E-state index in [1.54, 1.807) is 4.52 Å². The second kappa shape index (κ2) is 6.74. The van der Waals surface area contributed by atoms with Gasteiger partial charge in [-0.1, -0.05) is 48.1 Å². The highest BCUT2D eigenvalue weighted by molar-refractivity contribution is 7.17. The minimum Gasteiger partial charge on any atom is -0.492 e. The number of benzene rings is 1. The van der Waals surface area contributed by atoms with Crippen molar-refractivity contribution in [1.29, 1.82) is 0 Å². The van der Waals surface area contributed by atoms with Crippen LogP contribution in [-0.2, 0) is 11.2 Å². The molecule has 1 aliphatic heterocycles. The van der Waals surface area contributed by atoms with Gasteiger partial charge in [-0.25, -0.2) is 4.98 Å². The lowest BCUT2D eigenvalue weighted by molar-refractivity contribution is 0.0241. The van der Waals surface area contributed by atoms with Crippen LogP contribution < -0.4 is 0 Å². The van der Waals surface area contributed by atoms with E-state index in [4.69, 9.17) is 4.74 Å². The minimum atomic E-state index is -0.0110. The number of hydrogen-bond acceptors (Lipinski definition) is 6. The number of fused-ring (bicyclic) bond motifs is 1. The zero-order chi connectivity index (χ0) is 17.4. The third-order valence-electron chi connectivity index (χ3n) is 4.61. The number of thiazole rings is 1. The second-order valence-corrected chi connectivity index (χ2v) is 7.34. The van der Waals surface area contributed by atoms with Crippen molar-refractivity contribution >= 4 is 16.3 Å². The molecule has 0 spiro atoms. The monoisotopic (exact) mass is 358 g/mol. The van der Waals surface area contributed by atoms with Gasteiger partial charge < -0.3 is 9.84 Å². The summed E-state index contributed by atoms with van der Waals surface area (Å²) in [4.78, 5) is 8.51. The molecule has 2 aromatic heterocycles. The van der Waals surface area contributed by atoms with E-state index in [0.717, 1.165) is 35.2 Å². The van der Waals surface area contributed by atoms with Gasteiger partial charge in [0.25, 0.3) is 0 Å². The molecule has 1 aliphatic rings. The lowest BCUT2D eigenvalue weighted by Gasteiger charge is -2.34. The fourth-order valence-electron chi connectivity index (χ4n) is 3.23. The first-order chi connectivity index (χ1) is 12.2. The normalized spacial score (nSPS) is 17.2. The van der Waals surface area contributed by atoms with Crippen molar-refractivity contribution in [3.8, 4) is 5.88 Å². The fourth-order valence-corrected chi connectivity index (χ4v) is 4.37. The predicted octanol–water partition coefficient (Wildman–Crippen LogP) is 2.79. The van der Waals surface area contributed by atoms with Gasteiger partial charge >= 0.3 is 0 Å². The highest BCUT2D eigenvalue weighted by Gasteiger charge is 2.30. The molecular formula is C18H22N4O2S. The number of aromatic hydroxyl groups is 1.